The van der Waals surface area contributed by atoms with Gasteiger partial charge >= 0.3 is 0 Å². The monoisotopic (exact) mass is 401 g/mol. The maximum absolute atomic E-state index is 6.10. The molecule has 0 radical (unpaired) electrons. The lowest BCUT2D eigenvalue weighted by atomic mass is 10.00. The number of ether oxygens (including phenoxy) is 1. The lowest BCUT2D eigenvalue weighted by Crippen LogP contribution is -2.43. The molecule has 4 nitrogen and oxygen atoms in total. The molecule has 0 saturated carbocycles. The van der Waals surface area contributed by atoms with Crippen molar-refractivity contribution in [1.29, 1.82) is 0 Å². The van der Waals surface area contributed by atoms with Crippen LogP contribution in [0.25, 0.3) is 0 Å². The van der Waals surface area contributed by atoms with Crippen molar-refractivity contribution in [2.45, 2.75) is 32.3 Å². The van der Waals surface area contributed by atoms with Gasteiger partial charge in [0.25, 0.3) is 0 Å². The van der Waals surface area contributed by atoms with Crippen molar-refractivity contribution in [2.75, 3.05) is 19.6 Å². The SMILES string of the molecule is CC1CCN(C(N)=NCC2Cc3ccccc3O2)CC1.I. The standard InChI is InChI=1S/C16H23N3O.HI/c1-12-6-8-19(9-7-12)16(17)18-11-14-10-13-4-2-3-5-15(13)20-14;/h2-5,12,14H,6-11H2,1H3,(H2,17,18);1H. The minimum atomic E-state index is 0. The predicted octanol–water partition coefficient (Wildman–Crippen LogP) is 2.65. The summed E-state index contributed by atoms with van der Waals surface area (Å²) in [5.41, 5.74) is 7.37. The van der Waals surface area contributed by atoms with Crippen LogP contribution in [-0.4, -0.2) is 36.6 Å². The van der Waals surface area contributed by atoms with Crippen LogP contribution in [0.5, 0.6) is 5.75 Å². The van der Waals surface area contributed by atoms with Crippen molar-refractivity contribution < 1.29 is 4.74 Å². The number of piperidine rings is 1. The highest BCUT2D eigenvalue weighted by molar-refractivity contribution is 14.0. The molecule has 116 valence electrons. The Morgan fingerprint density at radius 1 is 1.33 bits per heavy atom. The number of guanidine groups is 1. The number of benzene rings is 1. The van der Waals surface area contributed by atoms with E-state index in [0.29, 0.717) is 12.5 Å². The third-order valence-electron chi connectivity index (χ3n) is 4.28. The summed E-state index contributed by atoms with van der Waals surface area (Å²) < 4.78 is 5.88. The summed E-state index contributed by atoms with van der Waals surface area (Å²) in [6.45, 7) is 5.01. The second-order valence-electron chi connectivity index (χ2n) is 5.92. The van der Waals surface area contributed by atoms with Crippen molar-refractivity contribution in [1.82, 2.24) is 4.90 Å². The Labute approximate surface area is 143 Å². The van der Waals surface area contributed by atoms with E-state index in [1.165, 1.54) is 18.4 Å². The molecular weight excluding hydrogens is 377 g/mol. The summed E-state index contributed by atoms with van der Waals surface area (Å²) in [6.07, 6.45) is 3.49. The molecule has 2 N–H and O–H groups in total. The third-order valence-corrected chi connectivity index (χ3v) is 4.28. The van der Waals surface area contributed by atoms with Gasteiger partial charge in [-0.1, -0.05) is 25.1 Å². The van der Waals surface area contributed by atoms with Crippen LogP contribution in [0.4, 0.5) is 0 Å². The van der Waals surface area contributed by atoms with Crippen LogP contribution in [0.1, 0.15) is 25.3 Å². The van der Waals surface area contributed by atoms with E-state index in [4.69, 9.17) is 10.5 Å². The minimum absolute atomic E-state index is 0. The van der Waals surface area contributed by atoms with Crippen LogP contribution in [0.15, 0.2) is 29.3 Å². The fourth-order valence-electron chi connectivity index (χ4n) is 2.89. The van der Waals surface area contributed by atoms with Gasteiger partial charge in [-0.3, -0.25) is 0 Å². The first-order valence-corrected chi connectivity index (χ1v) is 7.52. The molecular formula is C16H24IN3O. The Bertz CT molecular complexity index is 473. The molecule has 21 heavy (non-hydrogen) atoms. The molecule has 0 spiro atoms. The number of hydrogen-bond donors (Lipinski definition) is 1. The van der Waals surface area contributed by atoms with E-state index >= 15 is 0 Å². The number of nitrogens with zero attached hydrogens (tertiary/aromatic N) is 2. The number of likely N-dealkylation sites (tertiary alicyclic amines) is 1. The first-order valence-electron chi connectivity index (χ1n) is 7.52. The summed E-state index contributed by atoms with van der Waals surface area (Å²) >= 11 is 0. The van der Waals surface area contributed by atoms with Crippen LogP contribution in [0.2, 0.25) is 0 Å². The highest BCUT2D eigenvalue weighted by Gasteiger charge is 2.22. The molecule has 0 amide bonds. The number of fused-ring (bicyclic) bond motifs is 1. The van der Waals surface area contributed by atoms with Gasteiger partial charge in [0.1, 0.15) is 11.9 Å². The van der Waals surface area contributed by atoms with Gasteiger partial charge in [0.15, 0.2) is 5.96 Å². The van der Waals surface area contributed by atoms with Gasteiger partial charge in [0.05, 0.1) is 6.54 Å². The van der Waals surface area contributed by atoms with E-state index < -0.39 is 0 Å². The summed E-state index contributed by atoms with van der Waals surface area (Å²) in [5, 5.41) is 0. The van der Waals surface area contributed by atoms with E-state index in [0.717, 1.165) is 31.2 Å². The molecule has 2 aliphatic rings. The number of hydrogen-bond acceptors (Lipinski definition) is 2. The summed E-state index contributed by atoms with van der Waals surface area (Å²) in [7, 11) is 0. The summed E-state index contributed by atoms with van der Waals surface area (Å²) in [4.78, 5) is 6.73. The number of nitrogens with two attached hydrogens (primary N) is 1. The molecule has 1 aromatic carbocycles. The second kappa shape index (κ2) is 7.33. The smallest absolute Gasteiger partial charge is 0.191 e. The fourth-order valence-corrected chi connectivity index (χ4v) is 2.89. The van der Waals surface area contributed by atoms with Crippen LogP contribution in [0, 0.1) is 5.92 Å². The van der Waals surface area contributed by atoms with Crippen molar-refractivity contribution in [3.63, 3.8) is 0 Å². The van der Waals surface area contributed by atoms with E-state index in [9.17, 15) is 0 Å². The van der Waals surface area contributed by atoms with Gasteiger partial charge in [0.2, 0.25) is 0 Å². The van der Waals surface area contributed by atoms with E-state index in [2.05, 4.69) is 28.9 Å². The number of rotatable bonds is 2. The average molecular weight is 401 g/mol. The van der Waals surface area contributed by atoms with Crippen LogP contribution >= 0.6 is 24.0 Å². The Morgan fingerprint density at radius 2 is 2.05 bits per heavy atom. The van der Waals surface area contributed by atoms with Crippen molar-refractivity contribution >= 4 is 29.9 Å². The topological polar surface area (TPSA) is 50.8 Å². The zero-order valence-corrected chi connectivity index (χ0v) is 14.8. The van der Waals surface area contributed by atoms with Crippen LogP contribution in [-0.2, 0) is 6.42 Å². The molecule has 1 saturated heterocycles. The Hall–Kier alpha value is -0.980. The Morgan fingerprint density at radius 3 is 2.76 bits per heavy atom. The minimum Gasteiger partial charge on any atom is -0.488 e. The lowest BCUT2D eigenvalue weighted by Gasteiger charge is -2.31. The molecule has 0 aliphatic carbocycles. The molecule has 1 fully saturated rings. The quantitative estimate of drug-likeness (QED) is 0.471. The highest BCUT2D eigenvalue weighted by Crippen LogP contribution is 2.28. The molecule has 3 rings (SSSR count). The number of aliphatic imine (C=N–C) groups is 1. The van der Waals surface area contributed by atoms with Crippen molar-refractivity contribution in [2.24, 2.45) is 16.6 Å². The van der Waals surface area contributed by atoms with Crippen molar-refractivity contribution in [3.8, 4) is 5.75 Å². The van der Waals surface area contributed by atoms with Gasteiger partial charge in [0, 0.05) is 19.5 Å². The number of para-hydroxylation sites is 1. The molecule has 1 aromatic rings. The van der Waals surface area contributed by atoms with E-state index in [1.54, 1.807) is 0 Å². The maximum atomic E-state index is 6.10. The zero-order chi connectivity index (χ0) is 13.9. The first kappa shape index (κ1) is 16.4. The predicted molar refractivity (Wildman–Crippen MR) is 96.4 cm³/mol. The molecule has 5 heteroatoms. The lowest BCUT2D eigenvalue weighted by molar-refractivity contribution is 0.239. The van der Waals surface area contributed by atoms with E-state index in [1.807, 2.05) is 12.1 Å². The average Bonchev–Trinajstić information content (AvgIpc) is 2.88. The molecule has 1 atom stereocenters. The third kappa shape index (κ3) is 4.02. The molecule has 2 heterocycles. The van der Waals surface area contributed by atoms with Gasteiger partial charge < -0.3 is 15.4 Å². The van der Waals surface area contributed by atoms with Gasteiger partial charge in [-0.25, -0.2) is 4.99 Å². The first-order chi connectivity index (χ1) is 9.72. The molecule has 0 bridgehead atoms. The largest absolute Gasteiger partial charge is 0.488 e. The zero-order valence-electron chi connectivity index (χ0n) is 12.5. The normalized spacial score (nSPS) is 22.4. The highest BCUT2D eigenvalue weighted by atomic mass is 127. The van der Waals surface area contributed by atoms with E-state index in [-0.39, 0.29) is 30.1 Å². The van der Waals surface area contributed by atoms with Crippen LogP contribution < -0.4 is 10.5 Å². The van der Waals surface area contributed by atoms with Gasteiger partial charge in [-0.2, -0.15) is 0 Å². The molecule has 1 unspecified atom stereocenters. The Kier molecular flexibility index (Phi) is 5.72. The molecule has 2 aliphatic heterocycles. The Balaban J connectivity index is 0.00000161. The van der Waals surface area contributed by atoms with Gasteiger partial charge in [-0.15, -0.1) is 24.0 Å². The van der Waals surface area contributed by atoms with Crippen molar-refractivity contribution in [3.05, 3.63) is 29.8 Å². The molecule has 0 aromatic heterocycles. The summed E-state index contributed by atoms with van der Waals surface area (Å²) in [6, 6.07) is 8.20. The second-order valence-corrected chi connectivity index (χ2v) is 5.92. The maximum Gasteiger partial charge on any atom is 0.191 e. The fraction of sp³-hybridized carbons (Fsp3) is 0.562. The van der Waals surface area contributed by atoms with Crippen LogP contribution in [0.3, 0.4) is 0 Å². The number of halogens is 1. The summed E-state index contributed by atoms with van der Waals surface area (Å²) in [5.74, 6) is 2.49. The van der Waals surface area contributed by atoms with Gasteiger partial charge in [-0.05, 0) is 30.4 Å².